The predicted molar refractivity (Wildman–Crippen MR) is 84.6 cm³/mol. The fourth-order valence-electron chi connectivity index (χ4n) is 3.70. The van der Waals surface area contributed by atoms with Gasteiger partial charge in [-0.1, -0.05) is 20.3 Å². The molecule has 0 bridgehead atoms. The quantitative estimate of drug-likeness (QED) is 0.776. The van der Waals surface area contributed by atoms with E-state index in [0.29, 0.717) is 18.5 Å². The number of carboxylic acids is 1. The third-order valence-electron chi connectivity index (χ3n) is 4.85. The van der Waals surface area contributed by atoms with E-state index in [9.17, 15) is 9.90 Å². The van der Waals surface area contributed by atoms with Crippen LogP contribution in [-0.2, 0) is 4.79 Å². The molecule has 0 aromatic heterocycles. The van der Waals surface area contributed by atoms with Gasteiger partial charge in [0.25, 0.3) is 0 Å². The number of aliphatic carboxylic acids is 1. The smallest absolute Gasteiger partial charge is 0.320 e. The fourth-order valence-corrected chi connectivity index (χ4v) is 3.70. The molecule has 3 unspecified atom stereocenters. The van der Waals surface area contributed by atoms with Crippen LogP contribution in [-0.4, -0.2) is 71.2 Å². The molecule has 2 aliphatic rings. The van der Waals surface area contributed by atoms with Gasteiger partial charge in [0.1, 0.15) is 6.04 Å². The van der Waals surface area contributed by atoms with Crippen LogP contribution in [0.5, 0.6) is 0 Å². The van der Waals surface area contributed by atoms with E-state index in [1.165, 1.54) is 25.8 Å². The normalized spacial score (nSPS) is 29.3. The molecule has 5 nitrogen and oxygen atoms in total. The number of hydrogen-bond donors (Lipinski definition) is 2. The van der Waals surface area contributed by atoms with E-state index in [0.717, 1.165) is 19.6 Å². The van der Waals surface area contributed by atoms with Gasteiger partial charge in [0.15, 0.2) is 0 Å². The van der Waals surface area contributed by atoms with Crippen LogP contribution in [0.2, 0.25) is 0 Å². The Labute approximate surface area is 128 Å². The third kappa shape index (κ3) is 4.66. The SMILES string of the molecule is CC(C)NC(CCN1CC2CCCCN2CC1C)C(=O)O. The number of piperidine rings is 1. The minimum Gasteiger partial charge on any atom is -0.480 e. The first kappa shape index (κ1) is 16.7. The molecule has 2 heterocycles. The van der Waals surface area contributed by atoms with Crippen LogP contribution in [0.3, 0.4) is 0 Å². The van der Waals surface area contributed by atoms with Crippen LogP contribution in [0.25, 0.3) is 0 Å². The highest BCUT2D eigenvalue weighted by molar-refractivity contribution is 5.73. The zero-order valence-electron chi connectivity index (χ0n) is 13.7. The first-order chi connectivity index (χ1) is 9.97. The fraction of sp³-hybridized carbons (Fsp3) is 0.938. The van der Waals surface area contributed by atoms with E-state index in [-0.39, 0.29) is 6.04 Å². The van der Waals surface area contributed by atoms with Crippen molar-refractivity contribution in [2.24, 2.45) is 0 Å². The van der Waals surface area contributed by atoms with E-state index >= 15 is 0 Å². The van der Waals surface area contributed by atoms with Crippen molar-refractivity contribution in [3.8, 4) is 0 Å². The molecule has 0 aromatic carbocycles. The highest BCUT2D eigenvalue weighted by Gasteiger charge is 2.33. The van der Waals surface area contributed by atoms with E-state index in [4.69, 9.17) is 0 Å². The third-order valence-corrected chi connectivity index (χ3v) is 4.85. The highest BCUT2D eigenvalue weighted by atomic mass is 16.4. The highest BCUT2D eigenvalue weighted by Crippen LogP contribution is 2.24. The van der Waals surface area contributed by atoms with E-state index in [1.807, 2.05) is 13.8 Å². The van der Waals surface area contributed by atoms with Crippen LogP contribution in [0.15, 0.2) is 0 Å². The maximum Gasteiger partial charge on any atom is 0.320 e. The number of carbonyl (C=O) groups is 1. The minimum absolute atomic E-state index is 0.207. The minimum atomic E-state index is -0.729. The lowest BCUT2D eigenvalue weighted by Crippen LogP contribution is -2.59. The maximum atomic E-state index is 11.3. The summed E-state index contributed by atoms with van der Waals surface area (Å²) in [5.74, 6) is -0.729. The zero-order chi connectivity index (χ0) is 15.4. The Morgan fingerprint density at radius 2 is 2.10 bits per heavy atom. The number of hydrogen-bond acceptors (Lipinski definition) is 4. The number of nitrogens with one attached hydrogen (secondary N) is 1. The van der Waals surface area contributed by atoms with E-state index in [1.54, 1.807) is 0 Å². The number of piperazine rings is 1. The molecule has 0 radical (unpaired) electrons. The van der Waals surface area contributed by atoms with Crippen LogP contribution in [0.4, 0.5) is 0 Å². The largest absolute Gasteiger partial charge is 0.480 e. The van der Waals surface area contributed by atoms with Crippen molar-refractivity contribution >= 4 is 5.97 Å². The Kier molecular flexibility index (Phi) is 6.02. The molecule has 2 rings (SSSR count). The second-order valence-corrected chi connectivity index (χ2v) is 6.99. The molecule has 2 fully saturated rings. The molecular formula is C16H31N3O2. The second kappa shape index (κ2) is 7.56. The summed E-state index contributed by atoms with van der Waals surface area (Å²) in [6, 6.07) is 1.00. The van der Waals surface area contributed by atoms with Crippen LogP contribution in [0, 0.1) is 0 Å². The molecule has 0 aromatic rings. The van der Waals surface area contributed by atoms with Crippen molar-refractivity contribution in [3.05, 3.63) is 0 Å². The molecule has 21 heavy (non-hydrogen) atoms. The molecule has 122 valence electrons. The van der Waals surface area contributed by atoms with Gasteiger partial charge in [-0.15, -0.1) is 0 Å². The van der Waals surface area contributed by atoms with Gasteiger partial charge in [0.2, 0.25) is 0 Å². The summed E-state index contributed by atoms with van der Waals surface area (Å²) in [7, 11) is 0. The van der Waals surface area contributed by atoms with Gasteiger partial charge in [-0.2, -0.15) is 0 Å². The van der Waals surface area contributed by atoms with Gasteiger partial charge >= 0.3 is 5.97 Å². The van der Waals surface area contributed by atoms with Crippen molar-refractivity contribution < 1.29 is 9.90 Å². The summed E-state index contributed by atoms with van der Waals surface area (Å²) >= 11 is 0. The summed E-state index contributed by atoms with van der Waals surface area (Å²) in [5, 5.41) is 12.5. The predicted octanol–water partition coefficient (Wildman–Crippen LogP) is 1.39. The van der Waals surface area contributed by atoms with Crippen LogP contribution < -0.4 is 5.32 Å². The summed E-state index contributed by atoms with van der Waals surface area (Å²) in [4.78, 5) is 16.4. The Morgan fingerprint density at radius 3 is 2.76 bits per heavy atom. The molecule has 2 saturated heterocycles. The topological polar surface area (TPSA) is 55.8 Å². The summed E-state index contributed by atoms with van der Waals surface area (Å²) < 4.78 is 0. The van der Waals surface area contributed by atoms with Gasteiger partial charge in [0, 0.05) is 37.8 Å². The van der Waals surface area contributed by atoms with Crippen molar-refractivity contribution in [2.45, 2.75) is 70.6 Å². The van der Waals surface area contributed by atoms with Gasteiger partial charge in [-0.05, 0) is 32.7 Å². The van der Waals surface area contributed by atoms with E-state index in [2.05, 4.69) is 22.0 Å². The molecular weight excluding hydrogens is 266 g/mol. The van der Waals surface area contributed by atoms with Gasteiger partial charge in [-0.3, -0.25) is 14.6 Å². The van der Waals surface area contributed by atoms with Crippen molar-refractivity contribution in [3.63, 3.8) is 0 Å². The Balaban J connectivity index is 1.85. The molecule has 3 atom stereocenters. The number of fused-ring (bicyclic) bond motifs is 1. The molecule has 0 aliphatic carbocycles. The monoisotopic (exact) mass is 297 g/mol. The molecule has 0 spiro atoms. The lowest BCUT2D eigenvalue weighted by molar-refractivity contribution is -0.140. The zero-order valence-corrected chi connectivity index (χ0v) is 13.7. The summed E-state index contributed by atoms with van der Waals surface area (Å²) in [5.41, 5.74) is 0. The maximum absolute atomic E-state index is 11.3. The van der Waals surface area contributed by atoms with Crippen LogP contribution >= 0.6 is 0 Å². The molecule has 0 amide bonds. The van der Waals surface area contributed by atoms with Crippen molar-refractivity contribution in [1.82, 2.24) is 15.1 Å². The lowest BCUT2D eigenvalue weighted by Gasteiger charge is -2.47. The summed E-state index contributed by atoms with van der Waals surface area (Å²) in [6.07, 6.45) is 4.67. The number of nitrogens with zero attached hydrogens (tertiary/aromatic N) is 2. The first-order valence-electron chi connectivity index (χ1n) is 8.44. The van der Waals surface area contributed by atoms with E-state index < -0.39 is 12.0 Å². The molecule has 2 N–H and O–H groups in total. The Morgan fingerprint density at radius 1 is 1.33 bits per heavy atom. The second-order valence-electron chi connectivity index (χ2n) is 6.99. The Bertz CT molecular complexity index is 348. The van der Waals surface area contributed by atoms with Gasteiger partial charge < -0.3 is 10.4 Å². The average molecular weight is 297 g/mol. The summed E-state index contributed by atoms with van der Waals surface area (Å²) in [6.45, 7) is 10.6. The number of rotatable bonds is 6. The molecule has 2 aliphatic heterocycles. The molecule has 0 saturated carbocycles. The standard InChI is InChI=1S/C16H31N3O2/c1-12(2)17-15(16(20)21)7-9-18-11-14-6-4-5-8-19(14)10-13(18)3/h12-15,17H,4-11H2,1-3H3,(H,20,21). The van der Waals surface area contributed by atoms with Gasteiger partial charge in [0.05, 0.1) is 0 Å². The molecule has 5 heteroatoms. The van der Waals surface area contributed by atoms with Crippen molar-refractivity contribution in [2.75, 3.05) is 26.2 Å². The average Bonchev–Trinajstić information content (AvgIpc) is 2.42. The number of carboxylic acid groups (broad SMARTS) is 1. The van der Waals surface area contributed by atoms with Gasteiger partial charge in [-0.25, -0.2) is 0 Å². The Hall–Kier alpha value is -0.650. The lowest BCUT2D eigenvalue weighted by atomic mass is 9.97. The van der Waals surface area contributed by atoms with Crippen LogP contribution in [0.1, 0.15) is 46.5 Å². The van der Waals surface area contributed by atoms with Crippen molar-refractivity contribution in [1.29, 1.82) is 0 Å². The first-order valence-corrected chi connectivity index (χ1v) is 8.44.